The molecule has 0 radical (unpaired) electrons. The topological polar surface area (TPSA) is 76.4 Å². The van der Waals surface area contributed by atoms with Gasteiger partial charge in [-0.25, -0.2) is 13.1 Å². The zero-order valence-corrected chi connectivity index (χ0v) is 12.0. The third-order valence-electron chi connectivity index (χ3n) is 2.24. The van der Waals surface area contributed by atoms with Crippen molar-refractivity contribution in [3.05, 3.63) is 17.9 Å². The molecule has 0 saturated heterocycles. The van der Waals surface area contributed by atoms with E-state index in [0.29, 0.717) is 6.29 Å². The zero-order valence-electron chi connectivity index (χ0n) is 10.4. The van der Waals surface area contributed by atoms with E-state index < -0.39 is 10.0 Å². The molecule has 18 heavy (non-hydrogen) atoms. The molecule has 0 amide bonds. The van der Waals surface area contributed by atoms with Crippen LogP contribution >= 0.6 is 11.8 Å². The lowest BCUT2D eigenvalue weighted by atomic mass is 10.3. The first kappa shape index (κ1) is 15.3. The number of sulfonamides is 1. The molecule has 1 aromatic heterocycles. The Labute approximate surface area is 111 Å². The highest BCUT2D eigenvalue weighted by Gasteiger charge is 2.20. The van der Waals surface area contributed by atoms with E-state index in [1.54, 1.807) is 18.7 Å². The van der Waals surface area contributed by atoms with Crippen molar-refractivity contribution < 1.29 is 17.6 Å². The first-order valence-electron chi connectivity index (χ1n) is 5.64. The van der Waals surface area contributed by atoms with Crippen LogP contribution in [0.2, 0.25) is 0 Å². The molecular weight excluding hydrogens is 274 g/mol. The summed E-state index contributed by atoms with van der Waals surface area (Å²) >= 11 is 1.76. The zero-order chi connectivity index (χ0) is 13.6. The van der Waals surface area contributed by atoms with Gasteiger partial charge >= 0.3 is 0 Å². The summed E-state index contributed by atoms with van der Waals surface area (Å²) in [5, 5.41) is -0.223. The Morgan fingerprint density at radius 2 is 2.22 bits per heavy atom. The van der Waals surface area contributed by atoms with Gasteiger partial charge in [0.05, 0.1) is 0 Å². The van der Waals surface area contributed by atoms with E-state index in [9.17, 15) is 13.2 Å². The molecule has 1 aromatic rings. The molecular formula is C11H17NO4S2. The lowest BCUT2D eigenvalue weighted by molar-refractivity contribution is 0.109. The molecule has 0 aliphatic carbocycles. The molecule has 0 saturated carbocycles. The molecule has 0 spiro atoms. The first-order valence-corrected chi connectivity index (χ1v) is 8.28. The second kappa shape index (κ2) is 6.96. The van der Waals surface area contributed by atoms with Crippen molar-refractivity contribution >= 4 is 28.1 Å². The summed E-state index contributed by atoms with van der Waals surface area (Å²) in [6.45, 7) is 3.86. The van der Waals surface area contributed by atoms with E-state index in [2.05, 4.69) is 11.6 Å². The van der Waals surface area contributed by atoms with Gasteiger partial charge in [-0.05, 0) is 37.0 Å². The fourth-order valence-electron chi connectivity index (χ4n) is 1.33. The monoisotopic (exact) mass is 291 g/mol. The van der Waals surface area contributed by atoms with Gasteiger partial charge in [-0.2, -0.15) is 11.8 Å². The molecule has 0 fully saturated rings. The van der Waals surface area contributed by atoms with E-state index in [1.807, 2.05) is 0 Å². The van der Waals surface area contributed by atoms with Crippen molar-refractivity contribution in [1.29, 1.82) is 0 Å². The highest BCUT2D eigenvalue weighted by atomic mass is 32.2. The van der Waals surface area contributed by atoms with Crippen LogP contribution in [0.25, 0.3) is 0 Å². The van der Waals surface area contributed by atoms with E-state index >= 15 is 0 Å². The summed E-state index contributed by atoms with van der Waals surface area (Å²) in [6, 6.07) is 2.44. The number of aldehydes is 1. The minimum absolute atomic E-state index is 0.00423. The van der Waals surface area contributed by atoms with E-state index in [4.69, 9.17) is 4.42 Å². The second-order valence-electron chi connectivity index (χ2n) is 3.78. The molecule has 0 aliphatic heterocycles. The van der Waals surface area contributed by atoms with Crippen LogP contribution in [0.5, 0.6) is 0 Å². The molecule has 0 aliphatic rings. The predicted octanol–water partition coefficient (Wildman–Crippen LogP) is 1.90. The Balaban J connectivity index is 2.61. The molecule has 5 nitrogen and oxygen atoms in total. The van der Waals surface area contributed by atoms with Crippen molar-refractivity contribution in [2.75, 3.05) is 11.5 Å². The van der Waals surface area contributed by atoms with E-state index in [0.717, 1.165) is 17.9 Å². The van der Waals surface area contributed by atoms with Gasteiger partial charge in [0.1, 0.15) is 0 Å². The SMILES string of the molecule is CCSCCC(C)NS(=O)(=O)c1ccc(C=O)o1. The van der Waals surface area contributed by atoms with Gasteiger partial charge in [-0.1, -0.05) is 6.92 Å². The Morgan fingerprint density at radius 3 is 2.78 bits per heavy atom. The number of nitrogens with one attached hydrogen (secondary N) is 1. The van der Waals surface area contributed by atoms with Crippen LogP contribution in [0.3, 0.4) is 0 Å². The largest absolute Gasteiger partial charge is 0.440 e. The maximum Gasteiger partial charge on any atom is 0.274 e. The standard InChI is InChI=1S/C11H17NO4S2/c1-3-17-7-6-9(2)12-18(14,15)11-5-4-10(8-13)16-11/h4-5,8-9,12H,3,6-7H2,1-2H3. The number of furan rings is 1. The number of hydrogen-bond acceptors (Lipinski definition) is 5. The Kier molecular flexibility index (Phi) is 5.90. The molecule has 1 N–H and O–H groups in total. The number of carbonyl (C=O) groups is 1. The van der Waals surface area contributed by atoms with Crippen LogP contribution in [0.15, 0.2) is 21.6 Å². The maximum atomic E-state index is 11.9. The molecule has 0 aromatic carbocycles. The summed E-state index contributed by atoms with van der Waals surface area (Å²) in [4.78, 5) is 10.4. The van der Waals surface area contributed by atoms with Crippen LogP contribution in [0.1, 0.15) is 30.8 Å². The first-order chi connectivity index (χ1) is 8.49. The van der Waals surface area contributed by atoms with Gasteiger partial charge in [0.2, 0.25) is 5.09 Å². The average molecular weight is 291 g/mol. The fraction of sp³-hybridized carbons (Fsp3) is 0.545. The van der Waals surface area contributed by atoms with Gasteiger partial charge in [0, 0.05) is 6.04 Å². The summed E-state index contributed by atoms with van der Waals surface area (Å²) in [6.07, 6.45) is 1.22. The maximum absolute atomic E-state index is 11.9. The van der Waals surface area contributed by atoms with Crippen molar-refractivity contribution in [3.8, 4) is 0 Å². The van der Waals surface area contributed by atoms with E-state index in [-0.39, 0.29) is 16.9 Å². The minimum Gasteiger partial charge on any atom is -0.440 e. The quantitative estimate of drug-likeness (QED) is 0.585. The minimum atomic E-state index is -3.67. The van der Waals surface area contributed by atoms with Gasteiger partial charge in [0.25, 0.3) is 10.0 Å². The van der Waals surface area contributed by atoms with Crippen LogP contribution in [-0.2, 0) is 10.0 Å². The normalized spacial score (nSPS) is 13.4. The number of thioether (sulfide) groups is 1. The third-order valence-corrected chi connectivity index (χ3v) is 4.63. The highest BCUT2D eigenvalue weighted by Crippen LogP contribution is 2.14. The Hall–Kier alpha value is -0.790. The van der Waals surface area contributed by atoms with Crippen molar-refractivity contribution in [2.24, 2.45) is 0 Å². The molecule has 1 atom stereocenters. The molecule has 7 heteroatoms. The summed E-state index contributed by atoms with van der Waals surface area (Å²) in [7, 11) is -3.67. The van der Waals surface area contributed by atoms with Crippen LogP contribution in [-0.4, -0.2) is 32.3 Å². The number of carbonyl (C=O) groups excluding carboxylic acids is 1. The lowest BCUT2D eigenvalue weighted by Gasteiger charge is -2.12. The smallest absolute Gasteiger partial charge is 0.274 e. The molecule has 102 valence electrons. The van der Waals surface area contributed by atoms with Gasteiger partial charge in [-0.15, -0.1) is 0 Å². The van der Waals surface area contributed by atoms with Crippen LogP contribution in [0, 0.1) is 0 Å². The summed E-state index contributed by atoms with van der Waals surface area (Å²) in [5.74, 6) is 1.92. The fourth-order valence-corrected chi connectivity index (χ4v) is 3.35. The van der Waals surface area contributed by atoms with Gasteiger partial charge in [0.15, 0.2) is 12.0 Å². The van der Waals surface area contributed by atoms with Gasteiger partial charge < -0.3 is 4.42 Å². The second-order valence-corrected chi connectivity index (χ2v) is 6.82. The van der Waals surface area contributed by atoms with Crippen LogP contribution < -0.4 is 4.72 Å². The van der Waals surface area contributed by atoms with Crippen molar-refractivity contribution in [2.45, 2.75) is 31.4 Å². The lowest BCUT2D eigenvalue weighted by Crippen LogP contribution is -2.32. The van der Waals surface area contributed by atoms with E-state index in [1.165, 1.54) is 12.1 Å². The average Bonchev–Trinajstić information content (AvgIpc) is 2.78. The van der Waals surface area contributed by atoms with Crippen LogP contribution in [0.4, 0.5) is 0 Å². The predicted molar refractivity (Wildman–Crippen MR) is 71.5 cm³/mol. The molecule has 1 rings (SSSR count). The number of rotatable bonds is 8. The molecule has 0 bridgehead atoms. The summed E-state index contributed by atoms with van der Waals surface area (Å²) in [5.41, 5.74) is 0. The number of hydrogen-bond donors (Lipinski definition) is 1. The Bertz CT molecular complexity index is 481. The molecule has 1 unspecified atom stereocenters. The van der Waals surface area contributed by atoms with Crippen molar-refractivity contribution in [1.82, 2.24) is 4.72 Å². The van der Waals surface area contributed by atoms with Crippen molar-refractivity contribution in [3.63, 3.8) is 0 Å². The summed E-state index contributed by atoms with van der Waals surface area (Å²) < 4.78 is 31.2. The van der Waals surface area contributed by atoms with Gasteiger partial charge in [-0.3, -0.25) is 4.79 Å². The highest BCUT2D eigenvalue weighted by molar-refractivity contribution is 7.99. The molecule has 1 heterocycles. The Morgan fingerprint density at radius 1 is 1.50 bits per heavy atom. The third kappa shape index (κ3) is 4.47.